The topological polar surface area (TPSA) is 14.8 Å². The summed E-state index contributed by atoms with van der Waals surface area (Å²) in [6.45, 7) is 0. The van der Waals surface area contributed by atoms with Crippen LogP contribution in [-0.2, 0) is 0 Å². The Hall–Kier alpha value is -7.88. The second-order valence-electron chi connectivity index (χ2n) is 16.9. The fourth-order valence-corrected chi connectivity index (χ4v) is 13.1. The molecule has 3 nitrogen and oxygen atoms in total. The van der Waals surface area contributed by atoms with Crippen LogP contribution in [-0.4, -0.2) is 28.2 Å². The van der Waals surface area contributed by atoms with E-state index in [9.17, 15) is 0 Å². The first-order valence-electron chi connectivity index (χ1n) is 21.9. The molecule has 14 rings (SSSR count). The monoisotopic (exact) mass is 879 g/mol. The molecule has 0 unspecified atom stereocenters. The number of nitrogens with zero attached hydrogens (tertiary/aromatic N) is 3. The molecule has 0 atom stereocenters. The van der Waals surface area contributed by atoms with Crippen molar-refractivity contribution in [2.24, 2.45) is 0 Å². The van der Waals surface area contributed by atoms with Gasteiger partial charge in [-0.3, -0.25) is 0 Å². The Morgan fingerprint density at radius 2 is 0.703 bits per heavy atom. The summed E-state index contributed by atoms with van der Waals surface area (Å²) in [5.41, 5.74) is 15.8. The molecule has 10 aromatic carbocycles. The summed E-state index contributed by atoms with van der Waals surface area (Å²) in [5.74, 6) is 0. The van der Waals surface area contributed by atoms with E-state index in [0.29, 0.717) is 0 Å². The van der Waals surface area contributed by atoms with E-state index in [4.69, 9.17) is 0 Å². The quantitative estimate of drug-likeness (QED) is 0.153. The fraction of sp³-hybridized carbons (Fsp3) is 0. The number of benzene rings is 10. The second-order valence-corrected chi connectivity index (χ2v) is 19.2. The molecule has 0 amide bonds. The van der Waals surface area contributed by atoms with Gasteiger partial charge in [-0.05, 0) is 12.1 Å². The second kappa shape index (κ2) is 13.8. The molecule has 64 heavy (non-hydrogen) atoms. The van der Waals surface area contributed by atoms with Gasteiger partial charge in [-0.25, -0.2) is 0 Å². The molecule has 4 heterocycles. The molecule has 0 bridgehead atoms. The molecule has 0 radical (unpaired) electrons. The first-order chi connectivity index (χ1) is 31.7. The van der Waals surface area contributed by atoms with Crippen molar-refractivity contribution in [1.82, 2.24) is 13.7 Å². The zero-order chi connectivity index (χ0) is 41.9. The summed E-state index contributed by atoms with van der Waals surface area (Å²) in [6.07, 6.45) is 0. The van der Waals surface area contributed by atoms with Crippen molar-refractivity contribution < 1.29 is 0 Å². The molecule has 0 fully saturated rings. The SMILES string of the molecule is c1ccc(-c2cccc(-c3ccc4c(c3)[se]c3cccc(-n5c6ccccc6c6cc(-n7c8ccccc8c8cc(-n9c%10ccccc%10c%10ccccc%109)ccc87)ccc65)c34)c2)cc1. The Morgan fingerprint density at radius 3 is 1.31 bits per heavy atom. The van der Waals surface area contributed by atoms with Gasteiger partial charge in [0.1, 0.15) is 0 Å². The van der Waals surface area contributed by atoms with Crippen molar-refractivity contribution in [2.45, 2.75) is 0 Å². The normalized spacial score (nSPS) is 12.1. The molecule has 298 valence electrons. The van der Waals surface area contributed by atoms with Crippen molar-refractivity contribution in [1.29, 1.82) is 0 Å². The van der Waals surface area contributed by atoms with Gasteiger partial charge in [0.15, 0.2) is 0 Å². The van der Waals surface area contributed by atoms with Crippen LogP contribution in [0.25, 0.3) is 124 Å². The standard InChI is InChI=1S/C60H37N3Se/c1-2-14-38(15-3-1)39-16-12-17-40(34-39)41-28-31-48-59(35-41)64-58-27-13-26-57(60(48)58)63-54-25-11-7-21-47(54)50-37-43(30-33-56(50)63)62-53-24-10-6-20-46(53)49-36-42(29-32-55(49)62)61-51-22-8-4-18-44(51)45-19-5-9-23-52(45)61/h1-37H. The van der Waals surface area contributed by atoms with Crippen LogP contribution in [0, 0.1) is 0 Å². The van der Waals surface area contributed by atoms with Crippen molar-refractivity contribution in [3.05, 3.63) is 224 Å². The Labute approximate surface area is 374 Å². The Bertz CT molecular complexity index is 4140. The van der Waals surface area contributed by atoms with Crippen molar-refractivity contribution >= 4 is 99.2 Å². The van der Waals surface area contributed by atoms with Gasteiger partial charge < -0.3 is 4.57 Å². The van der Waals surface area contributed by atoms with Crippen molar-refractivity contribution in [3.63, 3.8) is 0 Å². The summed E-state index contributed by atoms with van der Waals surface area (Å²) < 4.78 is 10.3. The molecule has 0 aliphatic carbocycles. The Morgan fingerprint density at radius 1 is 0.250 bits per heavy atom. The molecule has 0 saturated carbocycles. The van der Waals surface area contributed by atoms with E-state index in [1.165, 1.54) is 113 Å². The van der Waals surface area contributed by atoms with E-state index in [-0.39, 0.29) is 14.5 Å². The van der Waals surface area contributed by atoms with Gasteiger partial charge in [0.2, 0.25) is 0 Å². The average Bonchev–Trinajstić information content (AvgIpc) is 4.10. The van der Waals surface area contributed by atoms with Crippen LogP contribution in [0.2, 0.25) is 0 Å². The van der Waals surface area contributed by atoms with Crippen LogP contribution in [0.1, 0.15) is 0 Å². The number of fused-ring (bicyclic) bond motifs is 12. The van der Waals surface area contributed by atoms with Gasteiger partial charge in [0, 0.05) is 16.5 Å². The summed E-state index contributed by atoms with van der Waals surface area (Å²) >= 11 is 0.192. The Balaban J connectivity index is 0.930. The van der Waals surface area contributed by atoms with Gasteiger partial charge in [-0.1, -0.05) is 42.5 Å². The number of hydrogen-bond acceptors (Lipinski definition) is 0. The van der Waals surface area contributed by atoms with Gasteiger partial charge in [-0.2, -0.15) is 0 Å². The third kappa shape index (κ3) is 5.22. The molecule has 0 N–H and O–H groups in total. The van der Waals surface area contributed by atoms with Gasteiger partial charge in [0.05, 0.1) is 11.0 Å². The number of hydrogen-bond donors (Lipinski definition) is 0. The molecule has 0 aliphatic rings. The number of para-hydroxylation sites is 4. The zero-order valence-corrected chi connectivity index (χ0v) is 36.3. The molecule has 4 heteroatoms. The summed E-state index contributed by atoms with van der Waals surface area (Å²) in [5, 5.41) is 10.2. The fourth-order valence-electron chi connectivity index (χ4n) is 10.6. The molecule has 4 aromatic heterocycles. The predicted octanol–water partition coefficient (Wildman–Crippen LogP) is 15.7. The van der Waals surface area contributed by atoms with Crippen LogP contribution in [0.5, 0.6) is 0 Å². The summed E-state index contributed by atoms with van der Waals surface area (Å²) in [4.78, 5) is 0. The van der Waals surface area contributed by atoms with Crippen LogP contribution in [0.3, 0.4) is 0 Å². The zero-order valence-electron chi connectivity index (χ0n) is 34.6. The van der Waals surface area contributed by atoms with Crippen LogP contribution in [0.4, 0.5) is 0 Å². The van der Waals surface area contributed by atoms with E-state index < -0.39 is 0 Å². The molecular formula is C60H37N3Se. The minimum absolute atomic E-state index is 0.192. The minimum atomic E-state index is 0.192. The van der Waals surface area contributed by atoms with Crippen molar-refractivity contribution in [3.8, 4) is 39.3 Å². The first-order valence-corrected chi connectivity index (χ1v) is 23.6. The van der Waals surface area contributed by atoms with Crippen molar-refractivity contribution in [2.75, 3.05) is 0 Å². The van der Waals surface area contributed by atoms with Gasteiger partial charge in [-0.15, -0.1) is 0 Å². The van der Waals surface area contributed by atoms with E-state index in [2.05, 4.69) is 238 Å². The van der Waals surface area contributed by atoms with E-state index in [1.54, 1.807) is 0 Å². The van der Waals surface area contributed by atoms with Crippen LogP contribution < -0.4 is 0 Å². The maximum absolute atomic E-state index is 2.51. The first kappa shape index (κ1) is 35.7. The molecule has 0 saturated heterocycles. The molecule has 0 spiro atoms. The summed E-state index contributed by atoms with van der Waals surface area (Å²) in [7, 11) is 0. The third-order valence-corrected chi connectivity index (χ3v) is 15.8. The predicted molar refractivity (Wildman–Crippen MR) is 272 cm³/mol. The third-order valence-electron chi connectivity index (χ3n) is 13.4. The average molecular weight is 879 g/mol. The van der Waals surface area contributed by atoms with Gasteiger partial charge in [0.25, 0.3) is 0 Å². The maximum atomic E-state index is 2.51. The summed E-state index contributed by atoms with van der Waals surface area (Å²) in [6, 6.07) is 83.1. The Kier molecular flexibility index (Phi) is 7.70. The molecule has 0 aliphatic heterocycles. The number of aromatic nitrogens is 3. The van der Waals surface area contributed by atoms with E-state index >= 15 is 0 Å². The number of rotatable bonds is 5. The van der Waals surface area contributed by atoms with E-state index in [0.717, 1.165) is 11.4 Å². The van der Waals surface area contributed by atoms with Crippen LogP contribution >= 0.6 is 0 Å². The van der Waals surface area contributed by atoms with Crippen LogP contribution in [0.15, 0.2) is 224 Å². The van der Waals surface area contributed by atoms with E-state index in [1.807, 2.05) is 0 Å². The molecular weight excluding hydrogens is 842 g/mol. The molecule has 14 aromatic rings. The van der Waals surface area contributed by atoms with Gasteiger partial charge >= 0.3 is 290 Å².